The lowest BCUT2D eigenvalue weighted by Gasteiger charge is -2.29. The number of aliphatic carboxylic acids is 2. The average molecular weight is 282 g/mol. The van der Waals surface area contributed by atoms with Crippen molar-refractivity contribution in [3.63, 3.8) is 0 Å². The molecular weight excluding hydrogens is 268 g/mol. The van der Waals surface area contributed by atoms with Gasteiger partial charge in [-0.05, 0) is 0 Å². The van der Waals surface area contributed by atoms with Crippen LogP contribution in [0, 0.1) is 5.92 Å². The van der Waals surface area contributed by atoms with Gasteiger partial charge in [-0.3, -0.25) is 9.59 Å². The number of hydrogen-bond donors (Lipinski definition) is 4. The van der Waals surface area contributed by atoms with Crippen LogP contribution < -0.4 is 10.6 Å². The van der Waals surface area contributed by atoms with Crippen LogP contribution in [0.3, 0.4) is 0 Å². The van der Waals surface area contributed by atoms with E-state index in [0.29, 0.717) is 6.54 Å². The van der Waals surface area contributed by atoms with Gasteiger partial charge in [0.15, 0.2) is 6.04 Å². The van der Waals surface area contributed by atoms with Gasteiger partial charge in [0.2, 0.25) is 5.91 Å². The van der Waals surface area contributed by atoms with Gasteiger partial charge in [-0.2, -0.15) is 0 Å². The number of ether oxygens (including phenoxy) is 1. The molecule has 3 aliphatic heterocycles. The molecule has 5 atom stereocenters. The summed E-state index contributed by atoms with van der Waals surface area (Å²) in [7, 11) is 0. The first-order chi connectivity index (χ1) is 9.45. The van der Waals surface area contributed by atoms with Crippen molar-refractivity contribution < 1.29 is 29.3 Å². The Kier molecular flexibility index (Phi) is 2.80. The molecule has 0 saturated carbocycles. The molecule has 2 saturated heterocycles. The van der Waals surface area contributed by atoms with E-state index < -0.39 is 54.0 Å². The number of carboxylic acid groups (broad SMARTS) is 2. The molecule has 0 spiro atoms. The Hall–Kier alpha value is -1.93. The van der Waals surface area contributed by atoms with E-state index >= 15 is 0 Å². The minimum absolute atomic E-state index is 0.399. The van der Waals surface area contributed by atoms with Gasteiger partial charge >= 0.3 is 11.9 Å². The van der Waals surface area contributed by atoms with E-state index in [1.807, 2.05) is 6.08 Å². The zero-order chi connectivity index (χ0) is 14.5. The molecule has 0 aromatic carbocycles. The fraction of sp³-hybridized carbons (Fsp3) is 0.583. The number of carbonyl (C=O) groups is 3. The number of carbonyl (C=O) groups excluding carboxylic acids is 1. The van der Waals surface area contributed by atoms with E-state index in [1.54, 1.807) is 6.08 Å². The largest absolute Gasteiger partial charge is 0.481 e. The molecule has 4 N–H and O–H groups in total. The fourth-order valence-electron chi connectivity index (χ4n) is 3.44. The van der Waals surface area contributed by atoms with Crippen molar-refractivity contribution in [3.8, 4) is 0 Å². The third-order valence-electron chi connectivity index (χ3n) is 4.12. The zero-order valence-corrected chi connectivity index (χ0v) is 10.4. The Morgan fingerprint density at radius 2 is 2.20 bits per heavy atom. The molecule has 3 aliphatic rings. The molecule has 0 aromatic heterocycles. The van der Waals surface area contributed by atoms with Crippen LogP contribution in [0.4, 0.5) is 0 Å². The van der Waals surface area contributed by atoms with Crippen molar-refractivity contribution >= 4 is 17.8 Å². The molecule has 8 nitrogen and oxygen atoms in total. The van der Waals surface area contributed by atoms with Gasteiger partial charge in [0, 0.05) is 6.54 Å². The van der Waals surface area contributed by atoms with Crippen LogP contribution in [0.1, 0.15) is 6.42 Å². The highest BCUT2D eigenvalue weighted by Crippen LogP contribution is 2.46. The van der Waals surface area contributed by atoms with Crippen molar-refractivity contribution in [2.24, 2.45) is 5.92 Å². The van der Waals surface area contributed by atoms with E-state index in [-0.39, 0.29) is 0 Å². The maximum Gasteiger partial charge on any atom is 0.329 e. The molecule has 3 rings (SSSR count). The predicted octanol–water partition coefficient (Wildman–Crippen LogP) is -1.67. The molecule has 2 fully saturated rings. The summed E-state index contributed by atoms with van der Waals surface area (Å²) in [5, 5.41) is 23.8. The van der Waals surface area contributed by atoms with E-state index in [2.05, 4.69) is 10.6 Å². The number of rotatable bonds is 3. The highest BCUT2D eigenvalue weighted by atomic mass is 16.5. The van der Waals surface area contributed by atoms with Gasteiger partial charge in [-0.1, -0.05) is 12.2 Å². The summed E-state index contributed by atoms with van der Waals surface area (Å²) in [6.45, 7) is 0.537. The van der Waals surface area contributed by atoms with Gasteiger partial charge in [-0.25, -0.2) is 4.79 Å². The van der Waals surface area contributed by atoms with Crippen LogP contribution >= 0.6 is 0 Å². The number of fused-ring (bicyclic) bond motifs is 3. The minimum Gasteiger partial charge on any atom is -0.481 e. The lowest BCUT2D eigenvalue weighted by molar-refractivity contribution is -0.155. The van der Waals surface area contributed by atoms with Crippen LogP contribution in [0.25, 0.3) is 0 Å². The summed E-state index contributed by atoms with van der Waals surface area (Å²) in [5.74, 6) is -3.78. The molecule has 0 bridgehead atoms. The van der Waals surface area contributed by atoms with Crippen LogP contribution in [0.15, 0.2) is 12.2 Å². The second kappa shape index (κ2) is 4.29. The first kappa shape index (κ1) is 13.1. The van der Waals surface area contributed by atoms with Crippen LogP contribution in [0.2, 0.25) is 0 Å². The molecule has 0 radical (unpaired) electrons. The number of hydrogen-bond acceptors (Lipinski definition) is 5. The summed E-state index contributed by atoms with van der Waals surface area (Å²) in [6.07, 6.45) is 2.54. The summed E-state index contributed by atoms with van der Waals surface area (Å²) in [6, 6.07) is -1.75. The van der Waals surface area contributed by atoms with Crippen LogP contribution in [-0.4, -0.2) is 58.4 Å². The summed E-state index contributed by atoms with van der Waals surface area (Å²) >= 11 is 0. The highest BCUT2D eigenvalue weighted by Gasteiger charge is 2.68. The van der Waals surface area contributed by atoms with Gasteiger partial charge in [-0.15, -0.1) is 0 Å². The SMILES string of the molecule is O=C(O)C[C@@]12O[C@H]3C=CCN[C@H]3C1C(=O)N[C@H]2C(=O)O. The van der Waals surface area contributed by atoms with Crippen molar-refractivity contribution in [2.75, 3.05) is 6.54 Å². The molecule has 108 valence electrons. The molecule has 3 heterocycles. The lowest BCUT2D eigenvalue weighted by atomic mass is 9.79. The van der Waals surface area contributed by atoms with E-state index in [9.17, 15) is 19.5 Å². The van der Waals surface area contributed by atoms with E-state index in [4.69, 9.17) is 9.84 Å². The summed E-state index contributed by atoms with van der Waals surface area (Å²) < 4.78 is 5.74. The van der Waals surface area contributed by atoms with Crippen molar-refractivity contribution in [1.82, 2.24) is 10.6 Å². The normalized spacial score (nSPS) is 41.9. The Morgan fingerprint density at radius 3 is 2.85 bits per heavy atom. The Bertz CT molecular complexity index is 518. The highest BCUT2D eigenvalue weighted by molar-refractivity contribution is 5.94. The topological polar surface area (TPSA) is 125 Å². The zero-order valence-electron chi connectivity index (χ0n) is 10.4. The second-order valence-corrected chi connectivity index (χ2v) is 5.23. The number of nitrogens with one attached hydrogen (secondary N) is 2. The Labute approximate surface area is 113 Å². The van der Waals surface area contributed by atoms with E-state index in [1.165, 1.54) is 0 Å². The molecule has 8 heteroatoms. The molecular formula is C12H14N2O6. The van der Waals surface area contributed by atoms with Gasteiger partial charge in [0.1, 0.15) is 5.60 Å². The summed E-state index contributed by atoms with van der Waals surface area (Å²) in [5.41, 5.74) is -1.55. The smallest absolute Gasteiger partial charge is 0.329 e. The standard InChI is InChI=1S/C12H14N2O6/c15-6(16)4-12-7(10(17)14-9(12)11(18)19)8-5(20-12)2-1-3-13-8/h1-2,5,7-9,13H,3-4H2,(H,14,17)(H,15,16)(H,18,19)/t5-,7?,8+,9-,12+/m0/s1. The Balaban J connectivity index is 2.05. The molecule has 20 heavy (non-hydrogen) atoms. The van der Waals surface area contributed by atoms with Gasteiger partial charge in [0.25, 0.3) is 0 Å². The lowest BCUT2D eigenvalue weighted by Crippen LogP contribution is -2.52. The fourth-order valence-corrected chi connectivity index (χ4v) is 3.44. The van der Waals surface area contributed by atoms with Crippen molar-refractivity contribution in [1.29, 1.82) is 0 Å². The third-order valence-corrected chi connectivity index (χ3v) is 4.12. The monoisotopic (exact) mass is 282 g/mol. The predicted molar refractivity (Wildman–Crippen MR) is 63.8 cm³/mol. The first-order valence-corrected chi connectivity index (χ1v) is 6.28. The first-order valence-electron chi connectivity index (χ1n) is 6.28. The van der Waals surface area contributed by atoms with Crippen molar-refractivity contribution in [3.05, 3.63) is 12.2 Å². The number of carboxylic acids is 2. The average Bonchev–Trinajstić information content (AvgIpc) is 2.81. The van der Waals surface area contributed by atoms with Gasteiger partial charge in [0.05, 0.1) is 24.5 Å². The van der Waals surface area contributed by atoms with Crippen molar-refractivity contribution in [2.45, 2.75) is 30.2 Å². The molecule has 0 aromatic rings. The third kappa shape index (κ3) is 1.65. The second-order valence-electron chi connectivity index (χ2n) is 5.23. The summed E-state index contributed by atoms with van der Waals surface area (Å²) in [4.78, 5) is 34.6. The number of amides is 1. The Morgan fingerprint density at radius 1 is 1.45 bits per heavy atom. The van der Waals surface area contributed by atoms with Crippen LogP contribution in [0.5, 0.6) is 0 Å². The van der Waals surface area contributed by atoms with E-state index in [0.717, 1.165) is 0 Å². The molecule has 1 unspecified atom stereocenters. The maximum atomic E-state index is 12.1. The van der Waals surface area contributed by atoms with Crippen LogP contribution in [-0.2, 0) is 19.1 Å². The van der Waals surface area contributed by atoms with Gasteiger partial charge < -0.3 is 25.6 Å². The minimum atomic E-state index is -1.55. The molecule has 0 aliphatic carbocycles. The quantitative estimate of drug-likeness (QED) is 0.456. The molecule has 1 amide bonds. The maximum absolute atomic E-state index is 12.1.